The minimum Gasteiger partial charge on any atom is -0.338 e. The summed E-state index contributed by atoms with van der Waals surface area (Å²) >= 11 is 3.59. The molecule has 2 nitrogen and oxygen atoms in total. The van der Waals surface area contributed by atoms with E-state index in [4.69, 9.17) is 0 Å². The highest BCUT2D eigenvalue weighted by atomic mass is 79.9. The third-order valence-corrected chi connectivity index (χ3v) is 5.65. The second-order valence-corrected chi connectivity index (χ2v) is 6.81. The summed E-state index contributed by atoms with van der Waals surface area (Å²) in [6, 6.07) is 8.86. The van der Waals surface area contributed by atoms with Gasteiger partial charge in [0.25, 0.3) is 0 Å². The Morgan fingerprint density at radius 2 is 2.15 bits per heavy atom. The van der Waals surface area contributed by atoms with E-state index in [2.05, 4.69) is 52.0 Å². The van der Waals surface area contributed by atoms with Gasteiger partial charge in [0.15, 0.2) is 0 Å². The van der Waals surface area contributed by atoms with Crippen molar-refractivity contribution in [3.05, 3.63) is 35.4 Å². The van der Waals surface area contributed by atoms with E-state index in [1.165, 1.54) is 11.1 Å². The summed E-state index contributed by atoms with van der Waals surface area (Å²) in [5, 5.41) is 0.897. The molecular formula is C17H22BrNO. The van der Waals surface area contributed by atoms with E-state index in [1.807, 2.05) is 0 Å². The number of hydrogen-bond donors (Lipinski definition) is 0. The Bertz CT molecular complexity index is 502. The zero-order valence-corrected chi connectivity index (χ0v) is 13.6. The van der Waals surface area contributed by atoms with Crippen LogP contribution in [0.15, 0.2) is 24.3 Å². The number of carbonyl (C=O) groups excluding carboxylic acids is 1. The van der Waals surface area contributed by atoms with Crippen LogP contribution in [0.25, 0.3) is 0 Å². The molecule has 1 heterocycles. The fourth-order valence-electron chi connectivity index (χ4n) is 3.73. The van der Waals surface area contributed by atoms with E-state index in [1.54, 1.807) is 0 Å². The average molecular weight is 336 g/mol. The third-order valence-electron chi connectivity index (χ3n) is 4.99. The van der Waals surface area contributed by atoms with Crippen molar-refractivity contribution in [3.8, 4) is 0 Å². The van der Waals surface area contributed by atoms with Gasteiger partial charge in [0.2, 0.25) is 5.91 Å². The lowest BCUT2D eigenvalue weighted by atomic mass is 9.82. The van der Waals surface area contributed by atoms with E-state index in [0.717, 1.165) is 37.6 Å². The van der Waals surface area contributed by atoms with Crippen molar-refractivity contribution in [1.82, 2.24) is 4.90 Å². The van der Waals surface area contributed by atoms with Crippen molar-refractivity contribution >= 4 is 21.8 Å². The van der Waals surface area contributed by atoms with Gasteiger partial charge >= 0.3 is 0 Å². The number of fused-ring (bicyclic) bond motifs is 1. The van der Waals surface area contributed by atoms with Crippen LogP contribution < -0.4 is 0 Å². The number of likely N-dealkylation sites (tertiary alicyclic amines) is 1. The van der Waals surface area contributed by atoms with E-state index in [9.17, 15) is 4.79 Å². The Labute approximate surface area is 129 Å². The van der Waals surface area contributed by atoms with Gasteiger partial charge in [0.05, 0.1) is 5.92 Å². The topological polar surface area (TPSA) is 20.3 Å². The van der Waals surface area contributed by atoms with Crippen LogP contribution in [0.2, 0.25) is 0 Å². The molecule has 0 aromatic heterocycles. The smallest absolute Gasteiger partial charge is 0.230 e. The number of alkyl halides is 1. The van der Waals surface area contributed by atoms with Crippen LogP contribution in [-0.2, 0) is 11.2 Å². The Hall–Kier alpha value is -0.830. The van der Waals surface area contributed by atoms with Gasteiger partial charge in [-0.05, 0) is 42.7 Å². The van der Waals surface area contributed by atoms with Crippen molar-refractivity contribution in [2.75, 3.05) is 11.9 Å². The van der Waals surface area contributed by atoms with Gasteiger partial charge in [-0.3, -0.25) is 4.79 Å². The van der Waals surface area contributed by atoms with Crippen LogP contribution in [0.4, 0.5) is 0 Å². The number of carbonyl (C=O) groups is 1. The van der Waals surface area contributed by atoms with Crippen molar-refractivity contribution in [2.24, 2.45) is 5.92 Å². The number of rotatable bonds is 2. The number of hydrogen-bond acceptors (Lipinski definition) is 1. The van der Waals surface area contributed by atoms with Crippen LogP contribution in [0.5, 0.6) is 0 Å². The van der Waals surface area contributed by atoms with Crippen LogP contribution in [0.1, 0.15) is 43.2 Å². The van der Waals surface area contributed by atoms with E-state index in [-0.39, 0.29) is 5.92 Å². The van der Waals surface area contributed by atoms with Crippen LogP contribution >= 0.6 is 15.9 Å². The summed E-state index contributed by atoms with van der Waals surface area (Å²) in [7, 11) is 0. The molecule has 3 rings (SSSR count). The van der Waals surface area contributed by atoms with Gasteiger partial charge in [0, 0.05) is 17.9 Å². The summed E-state index contributed by atoms with van der Waals surface area (Å²) in [5.41, 5.74) is 2.65. The van der Waals surface area contributed by atoms with Gasteiger partial charge in [0.1, 0.15) is 0 Å². The summed E-state index contributed by atoms with van der Waals surface area (Å²) in [4.78, 5) is 15.1. The Balaban J connectivity index is 1.85. The highest BCUT2D eigenvalue weighted by Gasteiger charge is 2.38. The maximum absolute atomic E-state index is 13.0. The molecule has 0 saturated carbocycles. The second-order valence-electron chi connectivity index (χ2n) is 6.16. The lowest BCUT2D eigenvalue weighted by Gasteiger charge is -2.32. The lowest BCUT2D eigenvalue weighted by Crippen LogP contribution is -2.42. The lowest BCUT2D eigenvalue weighted by molar-refractivity contribution is -0.133. The zero-order valence-electron chi connectivity index (χ0n) is 12.0. The molecule has 0 spiro atoms. The van der Waals surface area contributed by atoms with Crippen molar-refractivity contribution in [1.29, 1.82) is 0 Å². The van der Waals surface area contributed by atoms with E-state index >= 15 is 0 Å². The zero-order chi connectivity index (χ0) is 14.1. The molecule has 1 aliphatic heterocycles. The molecule has 20 heavy (non-hydrogen) atoms. The molecule has 1 aliphatic carbocycles. The van der Waals surface area contributed by atoms with Crippen molar-refractivity contribution < 1.29 is 4.79 Å². The minimum atomic E-state index is 0.0896. The molecule has 1 amide bonds. The Morgan fingerprint density at radius 3 is 2.95 bits per heavy atom. The normalized spacial score (nSPS) is 29.3. The molecule has 3 atom stereocenters. The van der Waals surface area contributed by atoms with Crippen molar-refractivity contribution in [2.45, 2.75) is 44.6 Å². The third kappa shape index (κ3) is 2.41. The first-order valence-corrected chi connectivity index (χ1v) is 8.78. The number of aryl methyl sites for hydroxylation is 1. The van der Waals surface area contributed by atoms with Crippen LogP contribution in [0.3, 0.4) is 0 Å². The van der Waals surface area contributed by atoms with Crippen LogP contribution in [-0.4, -0.2) is 28.7 Å². The summed E-state index contributed by atoms with van der Waals surface area (Å²) in [6.45, 7) is 3.18. The fraction of sp³-hybridized carbons (Fsp3) is 0.588. The molecule has 1 saturated heterocycles. The molecule has 3 unspecified atom stereocenters. The monoisotopic (exact) mass is 335 g/mol. The molecule has 1 fully saturated rings. The van der Waals surface area contributed by atoms with Gasteiger partial charge in [-0.25, -0.2) is 0 Å². The molecule has 108 valence electrons. The molecule has 0 radical (unpaired) electrons. The number of benzene rings is 1. The number of amides is 1. The summed E-state index contributed by atoms with van der Waals surface area (Å²) in [5.74, 6) is 1.05. The number of nitrogens with zero attached hydrogens (tertiary/aromatic N) is 1. The quantitative estimate of drug-likeness (QED) is 0.754. The molecule has 3 heteroatoms. The molecule has 1 aromatic rings. The summed E-state index contributed by atoms with van der Waals surface area (Å²) < 4.78 is 0. The molecule has 0 bridgehead atoms. The van der Waals surface area contributed by atoms with E-state index in [0.29, 0.717) is 17.9 Å². The first-order chi connectivity index (χ1) is 9.72. The predicted molar refractivity (Wildman–Crippen MR) is 85.2 cm³/mol. The fourth-order valence-corrected chi connectivity index (χ4v) is 4.72. The Morgan fingerprint density at radius 1 is 1.35 bits per heavy atom. The van der Waals surface area contributed by atoms with Gasteiger partial charge in [-0.2, -0.15) is 0 Å². The maximum Gasteiger partial charge on any atom is 0.230 e. The minimum absolute atomic E-state index is 0.0896. The summed E-state index contributed by atoms with van der Waals surface area (Å²) in [6.07, 6.45) is 4.40. The number of halogens is 1. The van der Waals surface area contributed by atoms with Crippen molar-refractivity contribution in [3.63, 3.8) is 0 Å². The largest absolute Gasteiger partial charge is 0.338 e. The average Bonchev–Trinajstić information content (AvgIpc) is 2.86. The maximum atomic E-state index is 13.0. The predicted octanol–water partition coefficient (Wildman–Crippen LogP) is 3.74. The molecule has 1 aromatic carbocycles. The Kier molecular flexibility index (Phi) is 4.16. The molecule has 0 N–H and O–H groups in total. The first kappa shape index (κ1) is 14.1. The first-order valence-electron chi connectivity index (χ1n) is 7.66. The van der Waals surface area contributed by atoms with Gasteiger partial charge < -0.3 is 4.90 Å². The van der Waals surface area contributed by atoms with Crippen LogP contribution in [0, 0.1) is 5.92 Å². The SMILES string of the molecule is CC1CCN(C(=O)C2CCCc3ccccc32)C1CBr. The molecular weight excluding hydrogens is 314 g/mol. The highest BCUT2D eigenvalue weighted by Crippen LogP contribution is 2.36. The second kappa shape index (κ2) is 5.88. The molecule has 2 aliphatic rings. The highest BCUT2D eigenvalue weighted by molar-refractivity contribution is 9.09. The van der Waals surface area contributed by atoms with E-state index < -0.39 is 0 Å². The standard InChI is InChI=1S/C17H22BrNO/c1-12-9-10-19(16(12)11-18)17(20)15-8-4-6-13-5-2-3-7-14(13)15/h2-3,5,7,12,15-16H,4,6,8-11H2,1H3. The van der Waals surface area contributed by atoms with Gasteiger partial charge in [-0.1, -0.05) is 47.1 Å². The van der Waals surface area contributed by atoms with Gasteiger partial charge in [-0.15, -0.1) is 0 Å².